The molecule has 142 valence electrons. The quantitative estimate of drug-likeness (QED) is 0.555. The molecular weight excluding hydrogens is 372 g/mol. The number of pyridine rings is 1. The van der Waals surface area contributed by atoms with Crippen molar-refractivity contribution in [2.24, 2.45) is 0 Å². The highest BCUT2D eigenvalue weighted by Crippen LogP contribution is 2.22. The summed E-state index contributed by atoms with van der Waals surface area (Å²) in [6, 6.07) is 19.8. The molecule has 0 bridgehead atoms. The molecule has 2 aromatic heterocycles. The second-order valence-electron chi connectivity index (χ2n) is 6.70. The minimum Gasteiger partial charge on any atom is -0.346 e. The fraction of sp³-hybridized carbons (Fsp3) is 0.143. The van der Waals surface area contributed by atoms with E-state index in [0.29, 0.717) is 11.6 Å². The summed E-state index contributed by atoms with van der Waals surface area (Å²) in [5, 5.41) is 7.66. The van der Waals surface area contributed by atoms with E-state index in [1.54, 1.807) is 42.5 Å². The van der Waals surface area contributed by atoms with Gasteiger partial charge in [0, 0.05) is 0 Å². The van der Waals surface area contributed by atoms with Gasteiger partial charge in [-0.1, -0.05) is 48.0 Å². The predicted molar refractivity (Wildman–Crippen MR) is 108 cm³/mol. The van der Waals surface area contributed by atoms with Gasteiger partial charge in [0.2, 0.25) is 15.8 Å². The molecule has 4 aromatic rings. The van der Waals surface area contributed by atoms with Crippen LogP contribution in [-0.4, -0.2) is 23.0 Å². The van der Waals surface area contributed by atoms with Gasteiger partial charge in [-0.2, -0.15) is 4.98 Å². The zero-order valence-corrected chi connectivity index (χ0v) is 16.4. The van der Waals surface area contributed by atoms with Crippen LogP contribution in [0.2, 0.25) is 0 Å². The molecule has 0 spiro atoms. The van der Waals surface area contributed by atoms with Gasteiger partial charge in [0.15, 0.2) is 5.65 Å². The molecule has 2 heterocycles. The lowest BCUT2D eigenvalue weighted by molar-refractivity contribution is 0.595. The maximum Gasteiger partial charge on any atom is 0.243 e. The standard InChI is InChI=1S/C21H20N4O2S/c1-15-8-10-17(11-9-15)16(2)22-21-23-20-13-12-19(14-25(20)24-21)28(26,27)18-6-4-3-5-7-18/h3-14,16H,1-2H3,(H,22,24)/t16-/m1/s1. The topological polar surface area (TPSA) is 76.4 Å². The molecule has 0 aliphatic carbocycles. The number of anilines is 1. The number of fused-ring (bicyclic) bond motifs is 1. The van der Waals surface area contributed by atoms with Crippen LogP contribution in [0.1, 0.15) is 24.1 Å². The first-order valence-corrected chi connectivity index (χ1v) is 10.4. The van der Waals surface area contributed by atoms with Crippen LogP contribution >= 0.6 is 0 Å². The van der Waals surface area contributed by atoms with E-state index in [0.717, 1.165) is 5.56 Å². The van der Waals surface area contributed by atoms with Gasteiger partial charge in [-0.15, -0.1) is 5.10 Å². The Kier molecular flexibility index (Phi) is 4.60. The molecule has 2 aromatic carbocycles. The Morgan fingerprint density at radius 3 is 2.36 bits per heavy atom. The van der Waals surface area contributed by atoms with Crippen LogP contribution in [0, 0.1) is 6.92 Å². The van der Waals surface area contributed by atoms with Gasteiger partial charge in [0.05, 0.1) is 22.0 Å². The maximum absolute atomic E-state index is 12.8. The molecule has 0 saturated carbocycles. The maximum atomic E-state index is 12.8. The lowest BCUT2D eigenvalue weighted by atomic mass is 10.1. The summed E-state index contributed by atoms with van der Waals surface area (Å²) in [6.07, 6.45) is 1.49. The van der Waals surface area contributed by atoms with E-state index in [4.69, 9.17) is 0 Å². The largest absolute Gasteiger partial charge is 0.346 e. The second-order valence-corrected chi connectivity index (χ2v) is 8.65. The van der Waals surface area contributed by atoms with Gasteiger partial charge >= 0.3 is 0 Å². The number of hydrogen-bond donors (Lipinski definition) is 1. The Balaban J connectivity index is 1.62. The van der Waals surface area contributed by atoms with Crippen molar-refractivity contribution < 1.29 is 8.42 Å². The van der Waals surface area contributed by atoms with Crippen molar-refractivity contribution in [1.29, 1.82) is 0 Å². The molecule has 0 saturated heterocycles. The molecule has 28 heavy (non-hydrogen) atoms. The third-order valence-electron chi connectivity index (χ3n) is 4.59. The number of rotatable bonds is 5. The number of nitrogens with one attached hydrogen (secondary N) is 1. The summed E-state index contributed by atoms with van der Waals surface area (Å²) in [5.41, 5.74) is 2.90. The predicted octanol–water partition coefficient (Wildman–Crippen LogP) is 4.04. The molecule has 0 radical (unpaired) electrons. The van der Waals surface area contributed by atoms with Gasteiger partial charge in [-0.05, 0) is 43.7 Å². The summed E-state index contributed by atoms with van der Waals surface area (Å²) in [5.74, 6) is 0.447. The van der Waals surface area contributed by atoms with Crippen molar-refractivity contribution >= 4 is 21.4 Å². The molecule has 0 aliphatic heterocycles. The number of aromatic nitrogens is 3. The van der Waals surface area contributed by atoms with Crippen LogP contribution in [0.25, 0.3) is 5.65 Å². The van der Waals surface area contributed by atoms with Crippen molar-refractivity contribution in [2.75, 3.05) is 5.32 Å². The Bertz CT molecular complexity index is 1220. The number of sulfone groups is 1. The normalized spacial score (nSPS) is 12.8. The number of nitrogens with zero attached hydrogens (tertiary/aromatic N) is 3. The van der Waals surface area contributed by atoms with Gasteiger partial charge in [-0.25, -0.2) is 12.9 Å². The van der Waals surface area contributed by atoms with E-state index in [2.05, 4.69) is 39.7 Å². The van der Waals surface area contributed by atoms with Gasteiger partial charge in [0.1, 0.15) is 0 Å². The van der Waals surface area contributed by atoms with E-state index < -0.39 is 9.84 Å². The van der Waals surface area contributed by atoms with E-state index in [-0.39, 0.29) is 15.8 Å². The Morgan fingerprint density at radius 2 is 1.64 bits per heavy atom. The first-order chi connectivity index (χ1) is 13.4. The average Bonchev–Trinajstić information content (AvgIpc) is 3.10. The molecule has 4 rings (SSSR count). The molecule has 0 fully saturated rings. The smallest absolute Gasteiger partial charge is 0.243 e. The minimum atomic E-state index is -3.60. The highest BCUT2D eigenvalue weighted by Gasteiger charge is 2.19. The van der Waals surface area contributed by atoms with Crippen molar-refractivity contribution in [2.45, 2.75) is 29.7 Å². The first kappa shape index (κ1) is 18.2. The molecule has 0 aliphatic rings. The second kappa shape index (κ2) is 7.09. The first-order valence-electron chi connectivity index (χ1n) is 8.93. The SMILES string of the molecule is Cc1ccc([C@@H](C)Nc2nc3ccc(S(=O)(=O)c4ccccc4)cn3n2)cc1. The van der Waals surface area contributed by atoms with E-state index >= 15 is 0 Å². The summed E-state index contributed by atoms with van der Waals surface area (Å²) in [7, 11) is -3.60. The van der Waals surface area contributed by atoms with Gasteiger partial charge < -0.3 is 5.32 Å². The number of hydrogen-bond acceptors (Lipinski definition) is 5. The van der Waals surface area contributed by atoms with Crippen LogP contribution < -0.4 is 5.32 Å². The Labute approximate surface area is 163 Å². The Hall–Kier alpha value is -3.19. The highest BCUT2D eigenvalue weighted by molar-refractivity contribution is 7.91. The molecule has 6 nitrogen and oxygen atoms in total. The third kappa shape index (κ3) is 3.48. The summed E-state index contributed by atoms with van der Waals surface area (Å²) in [6.45, 7) is 4.08. The van der Waals surface area contributed by atoms with E-state index in [9.17, 15) is 8.42 Å². The highest BCUT2D eigenvalue weighted by atomic mass is 32.2. The number of benzene rings is 2. The third-order valence-corrected chi connectivity index (χ3v) is 6.35. The van der Waals surface area contributed by atoms with E-state index in [1.807, 2.05) is 13.8 Å². The average molecular weight is 392 g/mol. The molecule has 0 unspecified atom stereocenters. The fourth-order valence-electron chi connectivity index (χ4n) is 2.95. The van der Waals surface area contributed by atoms with Crippen LogP contribution in [0.4, 0.5) is 5.95 Å². The van der Waals surface area contributed by atoms with Crippen LogP contribution in [0.5, 0.6) is 0 Å². The number of aryl methyl sites for hydroxylation is 1. The lowest BCUT2D eigenvalue weighted by Gasteiger charge is -2.12. The molecule has 0 amide bonds. The lowest BCUT2D eigenvalue weighted by Crippen LogP contribution is -2.08. The van der Waals surface area contributed by atoms with Gasteiger partial charge in [-0.3, -0.25) is 0 Å². The summed E-state index contributed by atoms with van der Waals surface area (Å²) >= 11 is 0. The minimum absolute atomic E-state index is 0.0190. The van der Waals surface area contributed by atoms with Crippen molar-refractivity contribution in [3.8, 4) is 0 Å². The van der Waals surface area contributed by atoms with Crippen molar-refractivity contribution in [3.05, 3.63) is 84.1 Å². The molecule has 1 N–H and O–H groups in total. The monoisotopic (exact) mass is 392 g/mol. The summed E-state index contributed by atoms with van der Waals surface area (Å²) in [4.78, 5) is 4.86. The van der Waals surface area contributed by atoms with Crippen LogP contribution in [-0.2, 0) is 9.84 Å². The molecule has 7 heteroatoms. The zero-order valence-electron chi connectivity index (χ0n) is 15.6. The van der Waals surface area contributed by atoms with Crippen LogP contribution in [0.15, 0.2) is 82.7 Å². The van der Waals surface area contributed by atoms with Crippen molar-refractivity contribution in [1.82, 2.24) is 14.6 Å². The van der Waals surface area contributed by atoms with Crippen molar-refractivity contribution in [3.63, 3.8) is 0 Å². The molecule has 1 atom stereocenters. The summed E-state index contributed by atoms with van der Waals surface area (Å²) < 4.78 is 27.1. The fourth-order valence-corrected chi connectivity index (χ4v) is 4.23. The zero-order chi connectivity index (χ0) is 19.7. The van der Waals surface area contributed by atoms with Crippen LogP contribution in [0.3, 0.4) is 0 Å². The Morgan fingerprint density at radius 1 is 0.929 bits per heavy atom. The molecular formula is C21H20N4O2S. The van der Waals surface area contributed by atoms with E-state index in [1.165, 1.54) is 16.3 Å². The van der Waals surface area contributed by atoms with Gasteiger partial charge in [0.25, 0.3) is 0 Å².